The number of nitrogens with one attached hydrogen (secondary N) is 2. The third-order valence-electron chi connectivity index (χ3n) is 4.36. The summed E-state index contributed by atoms with van der Waals surface area (Å²) in [4.78, 5) is 14.2. The lowest BCUT2D eigenvalue weighted by Gasteiger charge is -2.35. The minimum atomic E-state index is -0.533. The molecule has 1 rings (SSSR count). The van der Waals surface area contributed by atoms with Crippen LogP contribution in [0.25, 0.3) is 0 Å². The van der Waals surface area contributed by atoms with Gasteiger partial charge in [-0.1, -0.05) is 34.1 Å². The Bertz CT molecular complexity index is 315. The number of carbonyl (C=O) groups is 1. The van der Waals surface area contributed by atoms with Gasteiger partial charge in [0.05, 0.1) is 6.10 Å². The number of nitrogens with zero attached hydrogens (tertiary/aromatic N) is 1. The highest BCUT2D eigenvalue weighted by Crippen LogP contribution is 2.19. The van der Waals surface area contributed by atoms with Crippen molar-refractivity contribution in [3.05, 3.63) is 0 Å². The molecule has 5 nitrogen and oxygen atoms in total. The molecule has 21 heavy (non-hydrogen) atoms. The summed E-state index contributed by atoms with van der Waals surface area (Å²) in [5.74, 6) is 0. The number of rotatable bonds is 6. The van der Waals surface area contributed by atoms with Gasteiger partial charge in [0.1, 0.15) is 0 Å². The molecule has 2 unspecified atom stereocenters. The first-order valence-electron chi connectivity index (χ1n) is 8.28. The van der Waals surface area contributed by atoms with Crippen LogP contribution >= 0.6 is 0 Å². The number of piperidine rings is 1. The van der Waals surface area contributed by atoms with Crippen molar-refractivity contribution in [1.29, 1.82) is 0 Å². The van der Waals surface area contributed by atoms with Gasteiger partial charge in [-0.25, -0.2) is 4.79 Å². The zero-order valence-corrected chi connectivity index (χ0v) is 14.1. The molecular formula is C16H33N3O2. The first-order valence-corrected chi connectivity index (χ1v) is 8.28. The van der Waals surface area contributed by atoms with E-state index in [1.54, 1.807) is 0 Å². The van der Waals surface area contributed by atoms with Gasteiger partial charge in [0.25, 0.3) is 0 Å². The molecule has 0 aromatic heterocycles. The van der Waals surface area contributed by atoms with Gasteiger partial charge >= 0.3 is 6.03 Å². The van der Waals surface area contributed by atoms with E-state index in [2.05, 4.69) is 22.5 Å². The molecule has 1 heterocycles. The van der Waals surface area contributed by atoms with Crippen molar-refractivity contribution in [3.8, 4) is 0 Å². The monoisotopic (exact) mass is 299 g/mol. The fourth-order valence-corrected chi connectivity index (χ4v) is 2.69. The number of aliphatic hydroxyl groups is 1. The number of urea groups is 1. The average Bonchev–Trinajstić information content (AvgIpc) is 2.44. The smallest absolute Gasteiger partial charge is 0.314 e. The van der Waals surface area contributed by atoms with Crippen molar-refractivity contribution in [2.24, 2.45) is 5.41 Å². The number of amides is 2. The summed E-state index contributed by atoms with van der Waals surface area (Å²) >= 11 is 0. The van der Waals surface area contributed by atoms with E-state index in [9.17, 15) is 9.90 Å². The quantitative estimate of drug-likeness (QED) is 0.702. The highest BCUT2D eigenvalue weighted by Gasteiger charge is 2.23. The van der Waals surface area contributed by atoms with Crippen LogP contribution < -0.4 is 10.6 Å². The number of aliphatic hydroxyl groups excluding tert-OH is 1. The summed E-state index contributed by atoms with van der Waals surface area (Å²) in [5, 5.41) is 15.5. The fraction of sp³-hybridized carbons (Fsp3) is 0.938. The van der Waals surface area contributed by atoms with E-state index in [0.717, 1.165) is 13.1 Å². The third-order valence-corrected chi connectivity index (χ3v) is 4.36. The number of carbonyl (C=O) groups excluding carboxylic acids is 1. The molecule has 2 amide bonds. The molecule has 124 valence electrons. The number of hydrogen-bond donors (Lipinski definition) is 3. The summed E-state index contributed by atoms with van der Waals surface area (Å²) in [6.07, 6.45) is 4.52. The van der Waals surface area contributed by atoms with E-state index >= 15 is 0 Å². The van der Waals surface area contributed by atoms with E-state index in [-0.39, 0.29) is 18.0 Å². The summed E-state index contributed by atoms with van der Waals surface area (Å²) in [6, 6.07) is 0.481. The Hall–Kier alpha value is -0.810. The maximum atomic E-state index is 11.7. The predicted molar refractivity (Wildman–Crippen MR) is 86.4 cm³/mol. The SMILES string of the molecule is CCC1CCCCN1CCNC(=O)NCC(O)C(C)(C)C. The highest BCUT2D eigenvalue weighted by molar-refractivity contribution is 5.73. The molecule has 1 aliphatic rings. The lowest BCUT2D eigenvalue weighted by atomic mass is 9.89. The van der Waals surface area contributed by atoms with Crippen LogP contribution in [0.15, 0.2) is 0 Å². The topological polar surface area (TPSA) is 64.6 Å². The van der Waals surface area contributed by atoms with Gasteiger partial charge in [0.2, 0.25) is 0 Å². The molecule has 1 fully saturated rings. The number of likely N-dealkylation sites (tertiary alicyclic amines) is 1. The minimum Gasteiger partial charge on any atom is -0.391 e. The van der Waals surface area contributed by atoms with Crippen LogP contribution in [-0.2, 0) is 0 Å². The van der Waals surface area contributed by atoms with Crippen LogP contribution in [0.3, 0.4) is 0 Å². The zero-order valence-electron chi connectivity index (χ0n) is 14.1. The molecule has 0 aliphatic carbocycles. The Kier molecular flexibility index (Phi) is 7.46. The van der Waals surface area contributed by atoms with E-state index in [4.69, 9.17) is 0 Å². The fourth-order valence-electron chi connectivity index (χ4n) is 2.69. The largest absolute Gasteiger partial charge is 0.391 e. The van der Waals surface area contributed by atoms with Gasteiger partial charge < -0.3 is 15.7 Å². The van der Waals surface area contributed by atoms with Crippen LogP contribution in [0, 0.1) is 5.41 Å². The molecular weight excluding hydrogens is 266 g/mol. The molecule has 3 N–H and O–H groups in total. The normalized spacial score (nSPS) is 21.9. The first kappa shape index (κ1) is 18.2. The second kappa shape index (κ2) is 8.59. The summed E-state index contributed by atoms with van der Waals surface area (Å²) < 4.78 is 0. The van der Waals surface area contributed by atoms with Crippen molar-refractivity contribution < 1.29 is 9.90 Å². The average molecular weight is 299 g/mol. The third kappa shape index (κ3) is 6.66. The van der Waals surface area contributed by atoms with E-state index in [1.165, 1.54) is 25.7 Å². The van der Waals surface area contributed by atoms with Crippen molar-refractivity contribution in [2.75, 3.05) is 26.2 Å². The van der Waals surface area contributed by atoms with E-state index < -0.39 is 6.10 Å². The van der Waals surface area contributed by atoms with Gasteiger partial charge in [-0.2, -0.15) is 0 Å². The molecule has 0 aromatic rings. The summed E-state index contributed by atoms with van der Waals surface area (Å²) in [6.45, 7) is 11.1. The van der Waals surface area contributed by atoms with Crippen molar-refractivity contribution in [2.45, 2.75) is 65.5 Å². The lowest BCUT2D eigenvalue weighted by molar-refractivity contribution is 0.0649. The molecule has 0 radical (unpaired) electrons. The molecule has 0 aromatic carbocycles. The van der Waals surface area contributed by atoms with Gasteiger partial charge in [-0.05, 0) is 31.2 Å². The highest BCUT2D eigenvalue weighted by atomic mass is 16.3. The van der Waals surface area contributed by atoms with E-state index in [0.29, 0.717) is 12.6 Å². The molecule has 0 saturated carbocycles. The lowest BCUT2D eigenvalue weighted by Crippen LogP contribution is -2.47. The molecule has 1 saturated heterocycles. The van der Waals surface area contributed by atoms with Gasteiger partial charge in [-0.3, -0.25) is 4.90 Å². The van der Waals surface area contributed by atoms with Crippen LogP contribution in [0.2, 0.25) is 0 Å². The predicted octanol–water partition coefficient (Wildman–Crippen LogP) is 1.96. The van der Waals surface area contributed by atoms with Crippen molar-refractivity contribution in [1.82, 2.24) is 15.5 Å². The standard InChI is InChI=1S/C16H33N3O2/c1-5-13-8-6-7-10-19(13)11-9-17-15(21)18-12-14(20)16(2,3)4/h13-14,20H,5-12H2,1-4H3,(H2,17,18,21). The Labute approximate surface area is 129 Å². The maximum Gasteiger partial charge on any atom is 0.314 e. The van der Waals surface area contributed by atoms with Crippen molar-refractivity contribution >= 4 is 6.03 Å². The molecule has 2 atom stereocenters. The molecule has 5 heteroatoms. The Morgan fingerprint density at radius 3 is 2.67 bits per heavy atom. The van der Waals surface area contributed by atoms with Crippen LogP contribution in [-0.4, -0.2) is 54.4 Å². The molecule has 0 spiro atoms. The second-order valence-corrected chi connectivity index (χ2v) is 7.11. The summed E-state index contributed by atoms with van der Waals surface area (Å²) in [7, 11) is 0. The first-order chi connectivity index (χ1) is 9.84. The van der Waals surface area contributed by atoms with Crippen LogP contribution in [0.4, 0.5) is 4.79 Å². The van der Waals surface area contributed by atoms with Gasteiger partial charge in [-0.15, -0.1) is 0 Å². The molecule has 1 aliphatic heterocycles. The van der Waals surface area contributed by atoms with Gasteiger partial charge in [0, 0.05) is 25.7 Å². The Morgan fingerprint density at radius 1 is 1.33 bits per heavy atom. The Balaban J connectivity index is 2.18. The summed E-state index contributed by atoms with van der Waals surface area (Å²) in [5.41, 5.74) is -0.213. The minimum absolute atomic E-state index is 0.191. The zero-order chi connectivity index (χ0) is 15.9. The maximum absolute atomic E-state index is 11.7. The van der Waals surface area contributed by atoms with Crippen LogP contribution in [0.1, 0.15) is 53.4 Å². The van der Waals surface area contributed by atoms with Crippen molar-refractivity contribution in [3.63, 3.8) is 0 Å². The van der Waals surface area contributed by atoms with Crippen LogP contribution in [0.5, 0.6) is 0 Å². The Morgan fingerprint density at radius 2 is 2.05 bits per heavy atom. The number of hydrogen-bond acceptors (Lipinski definition) is 3. The van der Waals surface area contributed by atoms with Gasteiger partial charge in [0.15, 0.2) is 0 Å². The van der Waals surface area contributed by atoms with E-state index in [1.807, 2.05) is 20.8 Å². The molecule has 0 bridgehead atoms. The second-order valence-electron chi connectivity index (χ2n) is 7.11.